The SMILES string of the molecule is Cc1ccsc1CC(=O)Nc1ccccn1. The lowest BCUT2D eigenvalue weighted by atomic mass is 10.2. The van der Waals surface area contributed by atoms with E-state index in [2.05, 4.69) is 10.3 Å². The Bertz CT molecular complexity index is 479. The van der Waals surface area contributed by atoms with E-state index < -0.39 is 0 Å². The number of nitrogens with zero attached hydrogens (tertiary/aromatic N) is 1. The number of thiophene rings is 1. The van der Waals surface area contributed by atoms with E-state index in [1.807, 2.05) is 30.5 Å². The second-order valence-electron chi connectivity index (χ2n) is 3.47. The second-order valence-corrected chi connectivity index (χ2v) is 4.47. The quantitative estimate of drug-likeness (QED) is 0.884. The van der Waals surface area contributed by atoms with Gasteiger partial charge in [0.25, 0.3) is 0 Å². The summed E-state index contributed by atoms with van der Waals surface area (Å²) in [6, 6.07) is 7.46. The second kappa shape index (κ2) is 4.90. The molecule has 2 heterocycles. The summed E-state index contributed by atoms with van der Waals surface area (Å²) in [6.45, 7) is 2.01. The molecule has 16 heavy (non-hydrogen) atoms. The predicted molar refractivity (Wildman–Crippen MR) is 65.6 cm³/mol. The van der Waals surface area contributed by atoms with Gasteiger partial charge in [-0.25, -0.2) is 4.98 Å². The molecule has 1 amide bonds. The van der Waals surface area contributed by atoms with Crippen LogP contribution in [-0.4, -0.2) is 10.9 Å². The average Bonchev–Trinajstić information content (AvgIpc) is 2.66. The van der Waals surface area contributed by atoms with Crippen molar-refractivity contribution in [2.45, 2.75) is 13.3 Å². The van der Waals surface area contributed by atoms with Crippen molar-refractivity contribution in [3.8, 4) is 0 Å². The number of nitrogens with one attached hydrogen (secondary N) is 1. The smallest absolute Gasteiger partial charge is 0.230 e. The maximum atomic E-state index is 11.7. The topological polar surface area (TPSA) is 42.0 Å². The highest BCUT2D eigenvalue weighted by Crippen LogP contribution is 2.16. The van der Waals surface area contributed by atoms with Crippen molar-refractivity contribution >= 4 is 23.1 Å². The molecule has 0 aliphatic carbocycles. The Kier molecular flexibility index (Phi) is 3.31. The van der Waals surface area contributed by atoms with Crippen LogP contribution in [0.5, 0.6) is 0 Å². The molecule has 2 rings (SSSR count). The van der Waals surface area contributed by atoms with E-state index in [9.17, 15) is 4.79 Å². The first-order valence-electron chi connectivity index (χ1n) is 4.99. The Morgan fingerprint density at radius 2 is 2.31 bits per heavy atom. The molecule has 1 N–H and O–H groups in total. The number of aromatic nitrogens is 1. The Balaban J connectivity index is 1.98. The summed E-state index contributed by atoms with van der Waals surface area (Å²) in [5.74, 6) is 0.575. The van der Waals surface area contributed by atoms with E-state index in [4.69, 9.17) is 0 Å². The monoisotopic (exact) mass is 232 g/mol. The Labute approximate surface area is 98.2 Å². The molecule has 0 bridgehead atoms. The van der Waals surface area contributed by atoms with Crippen LogP contribution in [0.3, 0.4) is 0 Å². The van der Waals surface area contributed by atoms with Crippen LogP contribution in [0.15, 0.2) is 35.8 Å². The highest BCUT2D eigenvalue weighted by Gasteiger charge is 2.07. The summed E-state index contributed by atoms with van der Waals surface area (Å²) in [7, 11) is 0. The molecular formula is C12H12N2OS. The summed E-state index contributed by atoms with van der Waals surface area (Å²) in [4.78, 5) is 16.8. The molecule has 0 aliphatic heterocycles. The molecule has 0 saturated carbocycles. The Morgan fingerprint density at radius 1 is 1.44 bits per heavy atom. The lowest BCUT2D eigenvalue weighted by molar-refractivity contribution is -0.115. The Hall–Kier alpha value is -1.68. The minimum Gasteiger partial charge on any atom is -0.310 e. The number of carbonyl (C=O) groups is 1. The van der Waals surface area contributed by atoms with Gasteiger partial charge in [-0.05, 0) is 36.1 Å². The molecule has 4 heteroatoms. The van der Waals surface area contributed by atoms with Gasteiger partial charge in [-0.3, -0.25) is 4.79 Å². The van der Waals surface area contributed by atoms with Gasteiger partial charge in [-0.15, -0.1) is 11.3 Å². The maximum Gasteiger partial charge on any atom is 0.230 e. The van der Waals surface area contributed by atoms with Crippen molar-refractivity contribution in [3.05, 3.63) is 46.3 Å². The zero-order valence-corrected chi connectivity index (χ0v) is 9.75. The number of pyridine rings is 1. The molecule has 0 aliphatic rings. The first-order chi connectivity index (χ1) is 7.75. The molecule has 0 saturated heterocycles. The van der Waals surface area contributed by atoms with E-state index in [0.717, 1.165) is 4.88 Å². The zero-order valence-electron chi connectivity index (χ0n) is 8.93. The third kappa shape index (κ3) is 2.67. The van der Waals surface area contributed by atoms with Crippen LogP contribution in [0.4, 0.5) is 5.82 Å². The van der Waals surface area contributed by atoms with Crippen LogP contribution in [0.2, 0.25) is 0 Å². The van der Waals surface area contributed by atoms with E-state index in [-0.39, 0.29) is 5.91 Å². The van der Waals surface area contributed by atoms with Gasteiger partial charge in [0.15, 0.2) is 0 Å². The van der Waals surface area contributed by atoms with E-state index in [1.165, 1.54) is 5.56 Å². The number of rotatable bonds is 3. The average molecular weight is 232 g/mol. The van der Waals surface area contributed by atoms with Crippen molar-refractivity contribution in [3.63, 3.8) is 0 Å². The molecule has 0 radical (unpaired) electrons. The van der Waals surface area contributed by atoms with Gasteiger partial charge in [-0.2, -0.15) is 0 Å². The van der Waals surface area contributed by atoms with Crippen molar-refractivity contribution in [1.29, 1.82) is 0 Å². The fourth-order valence-electron chi connectivity index (χ4n) is 1.35. The molecule has 82 valence electrons. The summed E-state index contributed by atoms with van der Waals surface area (Å²) < 4.78 is 0. The van der Waals surface area contributed by atoms with Crippen molar-refractivity contribution in [1.82, 2.24) is 4.98 Å². The molecule has 0 spiro atoms. The molecule has 3 nitrogen and oxygen atoms in total. The Morgan fingerprint density at radius 3 is 2.94 bits per heavy atom. The fraction of sp³-hybridized carbons (Fsp3) is 0.167. The van der Waals surface area contributed by atoms with Crippen molar-refractivity contribution < 1.29 is 4.79 Å². The number of anilines is 1. The lowest BCUT2D eigenvalue weighted by Gasteiger charge is -2.03. The van der Waals surface area contributed by atoms with Crippen LogP contribution >= 0.6 is 11.3 Å². The van der Waals surface area contributed by atoms with Crippen molar-refractivity contribution in [2.75, 3.05) is 5.32 Å². The predicted octanol–water partition coefficient (Wildman–Crippen LogP) is 2.63. The summed E-state index contributed by atoms with van der Waals surface area (Å²) in [6.07, 6.45) is 2.08. The number of aryl methyl sites for hydroxylation is 1. The van der Waals surface area contributed by atoms with Gasteiger partial charge in [0.1, 0.15) is 5.82 Å². The summed E-state index contributed by atoms with van der Waals surface area (Å²) in [5, 5.41) is 4.76. The van der Waals surface area contributed by atoms with Gasteiger partial charge >= 0.3 is 0 Å². The molecule has 0 aromatic carbocycles. The van der Waals surface area contributed by atoms with Crippen LogP contribution in [-0.2, 0) is 11.2 Å². The molecule has 2 aromatic heterocycles. The highest BCUT2D eigenvalue weighted by atomic mass is 32.1. The van der Waals surface area contributed by atoms with E-state index in [1.54, 1.807) is 23.6 Å². The maximum absolute atomic E-state index is 11.7. The van der Waals surface area contributed by atoms with Gasteiger partial charge in [0, 0.05) is 11.1 Å². The third-order valence-corrected chi connectivity index (χ3v) is 3.24. The molecular weight excluding hydrogens is 220 g/mol. The number of carbonyl (C=O) groups excluding carboxylic acids is 1. The highest BCUT2D eigenvalue weighted by molar-refractivity contribution is 7.10. The summed E-state index contributed by atoms with van der Waals surface area (Å²) >= 11 is 1.61. The van der Waals surface area contributed by atoms with Gasteiger partial charge in [0.2, 0.25) is 5.91 Å². The zero-order chi connectivity index (χ0) is 11.4. The van der Waals surface area contributed by atoms with Gasteiger partial charge < -0.3 is 5.32 Å². The third-order valence-electron chi connectivity index (χ3n) is 2.22. The van der Waals surface area contributed by atoms with E-state index in [0.29, 0.717) is 12.2 Å². The van der Waals surface area contributed by atoms with Crippen molar-refractivity contribution in [2.24, 2.45) is 0 Å². The normalized spacial score (nSPS) is 10.1. The van der Waals surface area contributed by atoms with Gasteiger partial charge in [-0.1, -0.05) is 6.07 Å². The number of amides is 1. The molecule has 2 aromatic rings. The summed E-state index contributed by atoms with van der Waals surface area (Å²) in [5.41, 5.74) is 1.17. The molecule has 0 atom stereocenters. The van der Waals surface area contributed by atoms with Gasteiger partial charge in [0.05, 0.1) is 6.42 Å². The lowest BCUT2D eigenvalue weighted by Crippen LogP contribution is -2.14. The number of hydrogen-bond donors (Lipinski definition) is 1. The fourth-order valence-corrected chi connectivity index (χ4v) is 2.26. The first-order valence-corrected chi connectivity index (χ1v) is 5.87. The van der Waals surface area contributed by atoms with Crippen LogP contribution in [0.1, 0.15) is 10.4 Å². The minimum absolute atomic E-state index is 0.0238. The minimum atomic E-state index is -0.0238. The van der Waals surface area contributed by atoms with E-state index >= 15 is 0 Å². The molecule has 0 fully saturated rings. The van der Waals surface area contributed by atoms with Crippen LogP contribution in [0, 0.1) is 6.92 Å². The standard InChI is InChI=1S/C12H12N2OS/c1-9-5-7-16-10(9)8-12(15)14-11-4-2-3-6-13-11/h2-7H,8H2,1H3,(H,13,14,15). The first kappa shape index (κ1) is 10.8. The number of hydrogen-bond acceptors (Lipinski definition) is 3. The molecule has 0 unspecified atom stereocenters. The largest absolute Gasteiger partial charge is 0.310 e. The van der Waals surface area contributed by atoms with Crippen LogP contribution < -0.4 is 5.32 Å². The van der Waals surface area contributed by atoms with Crippen LogP contribution in [0.25, 0.3) is 0 Å².